The van der Waals surface area contributed by atoms with Gasteiger partial charge in [0.15, 0.2) is 0 Å². The Hall–Kier alpha value is -2.82. The summed E-state index contributed by atoms with van der Waals surface area (Å²) in [6, 6.07) is 31.2. The minimum absolute atomic E-state index is 0.448. The maximum absolute atomic E-state index is 3.69. The molecule has 1 aliphatic heterocycles. The van der Waals surface area contributed by atoms with Gasteiger partial charge < -0.3 is 15.1 Å². The number of benzene rings is 3. The van der Waals surface area contributed by atoms with Crippen LogP contribution in [0.25, 0.3) is 0 Å². The van der Waals surface area contributed by atoms with Gasteiger partial charge in [0, 0.05) is 57.7 Å². The van der Waals surface area contributed by atoms with Gasteiger partial charge in [0.25, 0.3) is 0 Å². The monoisotopic (exact) mass is 442 g/mol. The standard InChI is InChI=1S/C29H38N4/c1-31(2)27-15-13-26(14-16-27)29(18-20-30-19-17-25-9-5-3-6-10-25)33-23-21-32(22-24-33)28-11-7-4-8-12-28/h3-16,29-30H,17-24H2,1-2H3. The second-order valence-electron chi connectivity index (χ2n) is 9.13. The van der Waals surface area contributed by atoms with E-state index in [4.69, 9.17) is 0 Å². The summed E-state index contributed by atoms with van der Waals surface area (Å²) in [5, 5.41) is 3.69. The minimum atomic E-state index is 0.448. The molecular weight excluding hydrogens is 404 g/mol. The lowest BCUT2D eigenvalue weighted by Gasteiger charge is -2.40. The zero-order valence-electron chi connectivity index (χ0n) is 20.2. The number of nitrogens with zero attached hydrogens (tertiary/aromatic N) is 3. The summed E-state index contributed by atoms with van der Waals surface area (Å²) in [6.07, 6.45) is 2.21. The largest absolute Gasteiger partial charge is 0.378 e. The number of hydrogen-bond donors (Lipinski definition) is 1. The molecule has 1 N–H and O–H groups in total. The van der Waals surface area contributed by atoms with Crippen LogP contribution in [0.3, 0.4) is 0 Å². The van der Waals surface area contributed by atoms with Crippen molar-refractivity contribution in [2.75, 3.05) is 63.2 Å². The van der Waals surface area contributed by atoms with E-state index >= 15 is 0 Å². The van der Waals surface area contributed by atoms with Crippen LogP contribution in [0.4, 0.5) is 11.4 Å². The molecule has 1 atom stereocenters. The van der Waals surface area contributed by atoms with Crippen molar-refractivity contribution < 1.29 is 0 Å². The highest BCUT2D eigenvalue weighted by Crippen LogP contribution is 2.28. The molecule has 0 aliphatic carbocycles. The Bertz CT molecular complexity index is 932. The van der Waals surface area contributed by atoms with E-state index < -0.39 is 0 Å². The van der Waals surface area contributed by atoms with Crippen LogP contribution in [0, 0.1) is 0 Å². The third kappa shape index (κ3) is 6.59. The molecule has 3 aromatic carbocycles. The summed E-state index contributed by atoms with van der Waals surface area (Å²) < 4.78 is 0. The molecule has 33 heavy (non-hydrogen) atoms. The van der Waals surface area contributed by atoms with Crippen LogP contribution in [0.5, 0.6) is 0 Å². The van der Waals surface area contributed by atoms with E-state index in [0.29, 0.717) is 6.04 Å². The fraction of sp³-hybridized carbons (Fsp3) is 0.379. The molecule has 1 unspecified atom stereocenters. The van der Waals surface area contributed by atoms with Gasteiger partial charge in [-0.3, -0.25) is 4.90 Å². The van der Waals surface area contributed by atoms with Crippen LogP contribution in [-0.2, 0) is 6.42 Å². The van der Waals surface area contributed by atoms with Gasteiger partial charge in [0.1, 0.15) is 0 Å². The molecule has 0 bridgehead atoms. The van der Waals surface area contributed by atoms with Crippen molar-refractivity contribution in [3.63, 3.8) is 0 Å². The van der Waals surface area contributed by atoms with E-state index in [-0.39, 0.29) is 0 Å². The molecule has 0 saturated carbocycles. The van der Waals surface area contributed by atoms with E-state index in [1.807, 2.05) is 0 Å². The van der Waals surface area contributed by atoms with Crippen molar-refractivity contribution in [3.05, 3.63) is 96.1 Å². The summed E-state index contributed by atoms with van der Waals surface area (Å²) in [6.45, 7) is 6.41. The van der Waals surface area contributed by atoms with Gasteiger partial charge in [-0.25, -0.2) is 0 Å². The quantitative estimate of drug-likeness (QED) is 0.454. The minimum Gasteiger partial charge on any atom is -0.378 e. The van der Waals surface area contributed by atoms with Crippen LogP contribution in [0.2, 0.25) is 0 Å². The van der Waals surface area contributed by atoms with Crippen molar-refractivity contribution in [1.82, 2.24) is 10.2 Å². The Morgan fingerprint density at radius 2 is 1.39 bits per heavy atom. The highest BCUT2D eigenvalue weighted by molar-refractivity contribution is 5.47. The summed E-state index contributed by atoms with van der Waals surface area (Å²) in [4.78, 5) is 7.37. The van der Waals surface area contributed by atoms with E-state index in [0.717, 1.165) is 52.1 Å². The van der Waals surface area contributed by atoms with E-state index in [2.05, 4.69) is 119 Å². The highest BCUT2D eigenvalue weighted by atomic mass is 15.3. The molecule has 0 amide bonds. The first kappa shape index (κ1) is 23.3. The first-order valence-corrected chi connectivity index (χ1v) is 12.3. The zero-order valence-corrected chi connectivity index (χ0v) is 20.2. The van der Waals surface area contributed by atoms with Gasteiger partial charge in [-0.15, -0.1) is 0 Å². The van der Waals surface area contributed by atoms with Gasteiger partial charge >= 0.3 is 0 Å². The number of para-hydroxylation sites is 1. The second-order valence-corrected chi connectivity index (χ2v) is 9.13. The summed E-state index contributed by atoms with van der Waals surface area (Å²) >= 11 is 0. The Kier molecular flexibility index (Phi) is 8.40. The van der Waals surface area contributed by atoms with Gasteiger partial charge in [0.2, 0.25) is 0 Å². The lowest BCUT2D eigenvalue weighted by atomic mass is 10.00. The SMILES string of the molecule is CN(C)c1ccc(C(CCNCCc2ccccc2)N2CCN(c3ccccc3)CC2)cc1. The summed E-state index contributed by atoms with van der Waals surface area (Å²) in [5.41, 5.74) is 5.43. The zero-order chi connectivity index (χ0) is 22.9. The molecule has 4 nitrogen and oxygen atoms in total. The van der Waals surface area contributed by atoms with Crippen LogP contribution in [0.15, 0.2) is 84.9 Å². The average molecular weight is 443 g/mol. The van der Waals surface area contributed by atoms with E-state index in [1.54, 1.807) is 0 Å². The van der Waals surface area contributed by atoms with Crippen molar-refractivity contribution in [3.8, 4) is 0 Å². The molecule has 0 radical (unpaired) electrons. The number of hydrogen-bond acceptors (Lipinski definition) is 4. The fourth-order valence-corrected chi connectivity index (χ4v) is 4.73. The van der Waals surface area contributed by atoms with Crippen LogP contribution in [-0.4, -0.2) is 58.3 Å². The van der Waals surface area contributed by atoms with Crippen molar-refractivity contribution in [1.29, 1.82) is 0 Å². The third-order valence-electron chi connectivity index (χ3n) is 6.70. The molecule has 3 aromatic rings. The molecule has 0 aromatic heterocycles. The molecule has 1 heterocycles. The fourth-order valence-electron chi connectivity index (χ4n) is 4.73. The van der Waals surface area contributed by atoms with Crippen molar-refractivity contribution in [2.24, 2.45) is 0 Å². The number of anilines is 2. The Morgan fingerprint density at radius 3 is 2.03 bits per heavy atom. The molecule has 1 saturated heterocycles. The maximum Gasteiger partial charge on any atom is 0.0367 e. The third-order valence-corrected chi connectivity index (χ3v) is 6.70. The number of piperazine rings is 1. The molecule has 174 valence electrons. The molecular formula is C29H38N4. The predicted molar refractivity (Wildman–Crippen MR) is 141 cm³/mol. The first-order valence-electron chi connectivity index (χ1n) is 12.3. The predicted octanol–water partition coefficient (Wildman–Crippen LogP) is 4.84. The maximum atomic E-state index is 3.69. The molecule has 4 rings (SSSR count). The van der Waals surface area contributed by atoms with Crippen LogP contribution < -0.4 is 15.1 Å². The highest BCUT2D eigenvalue weighted by Gasteiger charge is 2.25. The topological polar surface area (TPSA) is 21.8 Å². The Labute approximate surface area is 199 Å². The number of nitrogens with one attached hydrogen (secondary N) is 1. The van der Waals surface area contributed by atoms with Crippen LogP contribution in [0.1, 0.15) is 23.6 Å². The molecule has 1 fully saturated rings. The Balaban J connectivity index is 1.36. The second kappa shape index (κ2) is 11.9. The smallest absolute Gasteiger partial charge is 0.0367 e. The normalized spacial score (nSPS) is 15.4. The lowest BCUT2D eigenvalue weighted by Crippen LogP contribution is -2.48. The molecule has 4 heteroatoms. The average Bonchev–Trinajstić information content (AvgIpc) is 2.88. The molecule has 0 spiro atoms. The van der Waals surface area contributed by atoms with Gasteiger partial charge in [-0.05, 0) is 61.3 Å². The van der Waals surface area contributed by atoms with Gasteiger partial charge in [-0.2, -0.15) is 0 Å². The summed E-state index contributed by atoms with van der Waals surface area (Å²) in [7, 11) is 4.21. The number of rotatable bonds is 10. The van der Waals surface area contributed by atoms with Gasteiger partial charge in [0.05, 0.1) is 0 Å². The van der Waals surface area contributed by atoms with Crippen molar-refractivity contribution in [2.45, 2.75) is 18.9 Å². The summed E-state index contributed by atoms with van der Waals surface area (Å²) in [5.74, 6) is 0. The van der Waals surface area contributed by atoms with Crippen LogP contribution >= 0.6 is 0 Å². The molecule has 1 aliphatic rings. The first-order chi connectivity index (χ1) is 16.2. The van der Waals surface area contributed by atoms with E-state index in [1.165, 1.54) is 22.5 Å². The van der Waals surface area contributed by atoms with E-state index in [9.17, 15) is 0 Å². The lowest BCUT2D eigenvalue weighted by molar-refractivity contribution is 0.176. The Morgan fingerprint density at radius 1 is 0.758 bits per heavy atom. The van der Waals surface area contributed by atoms with Gasteiger partial charge in [-0.1, -0.05) is 60.7 Å². The van der Waals surface area contributed by atoms with Crippen molar-refractivity contribution >= 4 is 11.4 Å².